The van der Waals surface area contributed by atoms with E-state index in [1.807, 2.05) is 0 Å². The average Bonchev–Trinajstić information content (AvgIpc) is 2.42. The molecule has 1 atom stereocenters. The number of hydrogen-bond acceptors (Lipinski definition) is 2. The van der Waals surface area contributed by atoms with Crippen LogP contribution in [-0.4, -0.2) is 25.5 Å². The van der Waals surface area contributed by atoms with Crippen LogP contribution in [0, 0.1) is 24.5 Å². The van der Waals surface area contributed by atoms with Crippen molar-refractivity contribution in [1.82, 2.24) is 10.6 Å². The normalized spacial score (nSPS) is 19.2. The molecule has 104 valence electrons. The first kappa shape index (κ1) is 13.9. The zero-order valence-electron chi connectivity index (χ0n) is 10.9. The van der Waals surface area contributed by atoms with Gasteiger partial charge in [-0.2, -0.15) is 0 Å². The number of nitrogens with one attached hydrogen (secondary N) is 2. The molecule has 1 aromatic carbocycles. The van der Waals surface area contributed by atoms with Crippen molar-refractivity contribution in [2.45, 2.75) is 19.8 Å². The molecule has 1 heterocycles. The number of hydrogen-bond donors (Lipinski definition) is 2. The molecule has 0 spiro atoms. The van der Waals surface area contributed by atoms with Gasteiger partial charge in [0.25, 0.3) is 5.91 Å². The Labute approximate surface area is 111 Å². The molecule has 2 N–H and O–H groups in total. The third kappa shape index (κ3) is 3.29. The number of carbonyl (C=O) groups excluding carboxylic acids is 1. The minimum absolute atomic E-state index is 0.269. The first-order valence-electron chi connectivity index (χ1n) is 6.53. The van der Waals surface area contributed by atoms with Gasteiger partial charge in [-0.25, -0.2) is 8.78 Å². The molecule has 0 aromatic heterocycles. The second-order valence-corrected chi connectivity index (χ2v) is 4.98. The van der Waals surface area contributed by atoms with Crippen molar-refractivity contribution in [2.24, 2.45) is 5.92 Å². The number of piperidine rings is 1. The van der Waals surface area contributed by atoms with Crippen molar-refractivity contribution in [1.29, 1.82) is 0 Å². The Hall–Kier alpha value is -1.49. The number of amides is 1. The minimum Gasteiger partial charge on any atom is -0.352 e. The monoisotopic (exact) mass is 268 g/mol. The van der Waals surface area contributed by atoms with Gasteiger partial charge in [0.1, 0.15) is 17.2 Å². The summed E-state index contributed by atoms with van der Waals surface area (Å²) in [7, 11) is 0. The number of halogens is 2. The van der Waals surface area contributed by atoms with E-state index in [1.54, 1.807) is 0 Å². The van der Waals surface area contributed by atoms with Gasteiger partial charge in [0.2, 0.25) is 0 Å². The molecule has 1 aliphatic heterocycles. The quantitative estimate of drug-likeness (QED) is 0.880. The largest absolute Gasteiger partial charge is 0.352 e. The summed E-state index contributed by atoms with van der Waals surface area (Å²) in [4.78, 5) is 11.9. The first-order valence-corrected chi connectivity index (χ1v) is 6.53. The lowest BCUT2D eigenvalue weighted by Crippen LogP contribution is -2.38. The standard InChI is InChI=1S/C14H18F2N2O/c1-9-4-5-11(15)12(13(9)16)14(19)18-8-10-3-2-6-17-7-10/h4-5,10,17H,2-3,6-8H2,1H3,(H,18,19). The fraction of sp³-hybridized carbons (Fsp3) is 0.500. The molecule has 0 radical (unpaired) electrons. The zero-order valence-corrected chi connectivity index (χ0v) is 10.9. The molecule has 3 nitrogen and oxygen atoms in total. The van der Waals surface area contributed by atoms with Gasteiger partial charge in [0.05, 0.1) is 0 Å². The highest BCUT2D eigenvalue weighted by Crippen LogP contribution is 2.16. The van der Waals surface area contributed by atoms with Crippen LogP contribution in [0.5, 0.6) is 0 Å². The highest BCUT2D eigenvalue weighted by Gasteiger charge is 2.20. The predicted octanol–water partition coefficient (Wildman–Crippen LogP) is 2.00. The molecule has 1 saturated heterocycles. The van der Waals surface area contributed by atoms with Crippen molar-refractivity contribution in [3.05, 3.63) is 34.9 Å². The smallest absolute Gasteiger partial charge is 0.257 e. The van der Waals surface area contributed by atoms with Crippen molar-refractivity contribution in [3.8, 4) is 0 Å². The lowest BCUT2D eigenvalue weighted by atomic mass is 9.99. The van der Waals surface area contributed by atoms with Gasteiger partial charge >= 0.3 is 0 Å². The molecule has 0 saturated carbocycles. The van der Waals surface area contributed by atoms with E-state index in [9.17, 15) is 13.6 Å². The maximum absolute atomic E-state index is 13.8. The Bertz CT molecular complexity index is 471. The van der Waals surface area contributed by atoms with Crippen molar-refractivity contribution < 1.29 is 13.6 Å². The van der Waals surface area contributed by atoms with Crippen molar-refractivity contribution in [2.75, 3.05) is 19.6 Å². The molecule has 1 aliphatic rings. The zero-order chi connectivity index (χ0) is 13.8. The van der Waals surface area contributed by atoms with E-state index in [0.717, 1.165) is 32.0 Å². The van der Waals surface area contributed by atoms with Crippen LogP contribution in [0.1, 0.15) is 28.8 Å². The molecular formula is C14H18F2N2O. The van der Waals surface area contributed by atoms with E-state index < -0.39 is 23.1 Å². The van der Waals surface area contributed by atoms with Crippen LogP contribution in [0.15, 0.2) is 12.1 Å². The van der Waals surface area contributed by atoms with Gasteiger partial charge in [-0.3, -0.25) is 4.79 Å². The Morgan fingerprint density at radius 1 is 1.47 bits per heavy atom. The Morgan fingerprint density at radius 2 is 2.26 bits per heavy atom. The molecule has 1 aromatic rings. The molecule has 1 fully saturated rings. The van der Waals surface area contributed by atoms with Gasteiger partial charge in [0.15, 0.2) is 0 Å². The third-order valence-electron chi connectivity index (χ3n) is 3.46. The number of aryl methyl sites for hydroxylation is 1. The predicted molar refractivity (Wildman–Crippen MR) is 69.0 cm³/mol. The average molecular weight is 268 g/mol. The summed E-state index contributed by atoms with van der Waals surface area (Å²) in [5, 5.41) is 5.85. The number of rotatable bonds is 3. The molecular weight excluding hydrogens is 250 g/mol. The van der Waals surface area contributed by atoms with E-state index in [0.29, 0.717) is 12.5 Å². The van der Waals surface area contributed by atoms with Crippen LogP contribution in [0.3, 0.4) is 0 Å². The fourth-order valence-electron chi connectivity index (χ4n) is 2.29. The summed E-state index contributed by atoms with van der Waals surface area (Å²) in [6.45, 7) is 3.78. The summed E-state index contributed by atoms with van der Waals surface area (Å²) < 4.78 is 27.3. The van der Waals surface area contributed by atoms with Crippen LogP contribution in [0.4, 0.5) is 8.78 Å². The van der Waals surface area contributed by atoms with Crippen LogP contribution in [0.2, 0.25) is 0 Å². The van der Waals surface area contributed by atoms with E-state index in [1.165, 1.54) is 13.0 Å². The molecule has 19 heavy (non-hydrogen) atoms. The second-order valence-electron chi connectivity index (χ2n) is 4.98. The highest BCUT2D eigenvalue weighted by molar-refractivity contribution is 5.94. The molecule has 5 heteroatoms. The van der Waals surface area contributed by atoms with E-state index >= 15 is 0 Å². The van der Waals surface area contributed by atoms with E-state index in [-0.39, 0.29) is 5.56 Å². The Morgan fingerprint density at radius 3 is 2.95 bits per heavy atom. The minimum atomic E-state index is -0.817. The van der Waals surface area contributed by atoms with Gasteiger partial charge in [-0.15, -0.1) is 0 Å². The topological polar surface area (TPSA) is 41.1 Å². The Kier molecular flexibility index (Phi) is 4.47. The van der Waals surface area contributed by atoms with E-state index in [2.05, 4.69) is 10.6 Å². The van der Waals surface area contributed by atoms with Gasteiger partial charge < -0.3 is 10.6 Å². The maximum Gasteiger partial charge on any atom is 0.257 e. The summed E-state index contributed by atoms with van der Waals surface area (Å²) in [6.07, 6.45) is 2.08. The van der Waals surface area contributed by atoms with Gasteiger partial charge in [-0.05, 0) is 50.4 Å². The van der Waals surface area contributed by atoms with Crippen molar-refractivity contribution >= 4 is 5.91 Å². The van der Waals surface area contributed by atoms with Crippen LogP contribution >= 0.6 is 0 Å². The summed E-state index contributed by atoms with van der Waals surface area (Å²) in [5.41, 5.74) is -0.213. The maximum atomic E-state index is 13.8. The molecule has 1 unspecified atom stereocenters. The lowest BCUT2D eigenvalue weighted by molar-refractivity contribution is 0.0936. The SMILES string of the molecule is Cc1ccc(F)c(C(=O)NCC2CCCNC2)c1F. The summed E-state index contributed by atoms with van der Waals surface area (Å²) in [5.74, 6) is -1.94. The second kappa shape index (κ2) is 6.10. The van der Waals surface area contributed by atoms with E-state index in [4.69, 9.17) is 0 Å². The number of benzene rings is 1. The molecule has 0 bridgehead atoms. The van der Waals surface area contributed by atoms with Crippen LogP contribution in [0.25, 0.3) is 0 Å². The summed E-state index contributed by atoms with van der Waals surface area (Å²) in [6, 6.07) is 2.45. The van der Waals surface area contributed by atoms with Crippen LogP contribution < -0.4 is 10.6 Å². The molecule has 1 amide bonds. The fourth-order valence-corrected chi connectivity index (χ4v) is 2.29. The third-order valence-corrected chi connectivity index (χ3v) is 3.46. The van der Waals surface area contributed by atoms with Crippen molar-refractivity contribution in [3.63, 3.8) is 0 Å². The van der Waals surface area contributed by atoms with Gasteiger partial charge in [-0.1, -0.05) is 6.07 Å². The Balaban J connectivity index is 2.01. The number of carbonyl (C=O) groups is 1. The van der Waals surface area contributed by atoms with Crippen LogP contribution in [-0.2, 0) is 0 Å². The first-order chi connectivity index (χ1) is 9.09. The highest BCUT2D eigenvalue weighted by atomic mass is 19.1. The molecule has 2 rings (SSSR count). The van der Waals surface area contributed by atoms with Gasteiger partial charge in [0, 0.05) is 6.54 Å². The molecule has 0 aliphatic carbocycles. The lowest BCUT2D eigenvalue weighted by Gasteiger charge is -2.23. The summed E-state index contributed by atoms with van der Waals surface area (Å²) >= 11 is 0.